The van der Waals surface area contributed by atoms with E-state index in [2.05, 4.69) is 5.32 Å². The van der Waals surface area contributed by atoms with Gasteiger partial charge in [0.05, 0.1) is 23.8 Å². The van der Waals surface area contributed by atoms with E-state index >= 15 is 0 Å². The molecule has 0 radical (unpaired) electrons. The van der Waals surface area contributed by atoms with E-state index in [1.807, 2.05) is 51.1 Å². The second-order valence-corrected chi connectivity index (χ2v) is 9.41. The van der Waals surface area contributed by atoms with Gasteiger partial charge in [-0.2, -0.15) is 0 Å². The highest BCUT2D eigenvalue weighted by atomic mass is 16.5. The van der Waals surface area contributed by atoms with Crippen LogP contribution in [-0.2, 0) is 18.4 Å². The van der Waals surface area contributed by atoms with Gasteiger partial charge in [0.25, 0.3) is 5.56 Å². The molecule has 8 heteroatoms. The largest absolute Gasteiger partial charge is 0.497 e. The SMILES string of the molecule is COc1ccc2c(c1)c1c(c(=O)n(-c3cccc(C)c3)c(=O)n1CC(=O)Nc1cc(C)cc(C)c1)n2C. The van der Waals surface area contributed by atoms with Gasteiger partial charge in [0.1, 0.15) is 17.8 Å². The molecule has 0 atom stereocenters. The summed E-state index contributed by atoms with van der Waals surface area (Å²) >= 11 is 0. The fourth-order valence-electron chi connectivity index (χ4n) is 4.99. The standard InChI is InChI=1S/C29H28N4O4/c1-17-7-6-8-21(14-17)33-28(35)27-26(23-15-22(37-5)9-10-24(23)31(27)4)32(29(33)36)16-25(34)30-20-12-18(2)11-19(3)13-20/h6-15H,16H2,1-5H3,(H,30,34). The number of carbonyl (C=O) groups excluding carboxylic acids is 1. The molecule has 0 fully saturated rings. The quantitative estimate of drug-likeness (QED) is 0.395. The molecule has 0 aliphatic carbocycles. The molecule has 0 spiro atoms. The highest BCUT2D eigenvalue weighted by Crippen LogP contribution is 2.29. The van der Waals surface area contributed by atoms with Gasteiger partial charge >= 0.3 is 5.69 Å². The molecule has 188 valence electrons. The van der Waals surface area contributed by atoms with Crippen LogP contribution in [0, 0.1) is 20.8 Å². The van der Waals surface area contributed by atoms with Crippen molar-refractivity contribution in [2.75, 3.05) is 12.4 Å². The summed E-state index contributed by atoms with van der Waals surface area (Å²) in [7, 11) is 3.34. The Labute approximate surface area is 213 Å². The van der Waals surface area contributed by atoms with Crippen molar-refractivity contribution >= 4 is 33.5 Å². The van der Waals surface area contributed by atoms with E-state index in [0.717, 1.165) is 26.8 Å². The van der Waals surface area contributed by atoms with E-state index in [0.29, 0.717) is 33.5 Å². The number of amides is 1. The number of methoxy groups -OCH3 is 1. The Hall–Kier alpha value is -4.59. The Bertz CT molecular complexity index is 1800. The third-order valence-electron chi connectivity index (χ3n) is 6.54. The van der Waals surface area contributed by atoms with Gasteiger partial charge in [-0.15, -0.1) is 0 Å². The maximum absolute atomic E-state index is 13.9. The minimum Gasteiger partial charge on any atom is -0.497 e. The Morgan fingerprint density at radius 1 is 0.892 bits per heavy atom. The molecule has 0 aliphatic heterocycles. The van der Waals surface area contributed by atoms with Crippen LogP contribution in [0.5, 0.6) is 5.75 Å². The number of hydrogen-bond donors (Lipinski definition) is 1. The van der Waals surface area contributed by atoms with Gasteiger partial charge in [-0.25, -0.2) is 9.36 Å². The molecule has 1 amide bonds. The molecule has 0 aliphatic rings. The van der Waals surface area contributed by atoms with Crippen molar-refractivity contribution in [1.29, 1.82) is 0 Å². The lowest BCUT2D eigenvalue weighted by molar-refractivity contribution is -0.116. The van der Waals surface area contributed by atoms with Crippen LogP contribution in [0.3, 0.4) is 0 Å². The number of fused-ring (bicyclic) bond motifs is 3. The number of benzene rings is 3. The van der Waals surface area contributed by atoms with Crippen molar-refractivity contribution < 1.29 is 9.53 Å². The Balaban J connectivity index is 1.78. The molecule has 2 heterocycles. The van der Waals surface area contributed by atoms with Crippen LogP contribution in [0.4, 0.5) is 5.69 Å². The molecular weight excluding hydrogens is 468 g/mol. The minimum atomic E-state index is -0.589. The highest BCUT2D eigenvalue weighted by molar-refractivity contribution is 6.07. The maximum atomic E-state index is 13.9. The number of anilines is 1. The number of nitrogens with zero attached hydrogens (tertiary/aromatic N) is 3. The smallest absolute Gasteiger partial charge is 0.336 e. The van der Waals surface area contributed by atoms with Crippen molar-refractivity contribution in [1.82, 2.24) is 13.7 Å². The molecule has 5 rings (SSSR count). The molecule has 8 nitrogen and oxygen atoms in total. The average Bonchev–Trinajstić information content (AvgIpc) is 3.13. The second-order valence-electron chi connectivity index (χ2n) is 9.41. The summed E-state index contributed by atoms with van der Waals surface area (Å²) < 4.78 is 9.68. The first-order chi connectivity index (χ1) is 17.7. The first-order valence-electron chi connectivity index (χ1n) is 11.9. The number of hydrogen-bond acceptors (Lipinski definition) is 4. The predicted octanol–water partition coefficient (Wildman–Crippen LogP) is 4.22. The molecule has 2 aromatic heterocycles. The predicted molar refractivity (Wildman–Crippen MR) is 146 cm³/mol. The van der Waals surface area contributed by atoms with E-state index in [1.54, 1.807) is 49.1 Å². The molecule has 5 aromatic rings. The van der Waals surface area contributed by atoms with Crippen LogP contribution in [-0.4, -0.2) is 26.7 Å². The fraction of sp³-hybridized carbons (Fsp3) is 0.207. The molecule has 3 aromatic carbocycles. The van der Waals surface area contributed by atoms with E-state index in [1.165, 1.54) is 4.57 Å². The minimum absolute atomic E-state index is 0.273. The number of aryl methyl sites for hydroxylation is 4. The van der Waals surface area contributed by atoms with Gasteiger partial charge in [-0.05, 0) is 79.9 Å². The fourth-order valence-corrected chi connectivity index (χ4v) is 4.99. The van der Waals surface area contributed by atoms with E-state index in [9.17, 15) is 14.4 Å². The second kappa shape index (κ2) is 9.13. The van der Waals surface area contributed by atoms with Crippen LogP contribution < -0.4 is 21.3 Å². The Kier molecular flexibility index (Phi) is 5.95. The molecular formula is C29H28N4O4. The van der Waals surface area contributed by atoms with Crippen LogP contribution in [0.1, 0.15) is 16.7 Å². The lowest BCUT2D eigenvalue weighted by Crippen LogP contribution is -2.41. The summed E-state index contributed by atoms with van der Waals surface area (Å²) in [6.07, 6.45) is 0. The van der Waals surface area contributed by atoms with Crippen LogP contribution >= 0.6 is 0 Å². The van der Waals surface area contributed by atoms with Crippen molar-refractivity contribution in [3.8, 4) is 11.4 Å². The monoisotopic (exact) mass is 496 g/mol. The highest BCUT2D eigenvalue weighted by Gasteiger charge is 2.23. The zero-order valence-electron chi connectivity index (χ0n) is 21.5. The number of ether oxygens (including phenoxy) is 1. The third-order valence-corrected chi connectivity index (χ3v) is 6.54. The van der Waals surface area contributed by atoms with Gasteiger partial charge in [0, 0.05) is 18.1 Å². The summed E-state index contributed by atoms with van der Waals surface area (Å²) in [6, 6.07) is 18.4. The van der Waals surface area contributed by atoms with E-state index in [-0.39, 0.29) is 12.5 Å². The lowest BCUT2D eigenvalue weighted by Gasteiger charge is -2.14. The summed E-state index contributed by atoms with van der Waals surface area (Å²) in [4.78, 5) is 41.0. The molecule has 1 N–H and O–H groups in total. The van der Waals surface area contributed by atoms with Crippen molar-refractivity contribution in [2.45, 2.75) is 27.3 Å². The summed E-state index contributed by atoms with van der Waals surface area (Å²) in [6.45, 7) is 5.53. The zero-order valence-corrected chi connectivity index (χ0v) is 21.5. The lowest BCUT2D eigenvalue weighted by atomic mass is 10.1. The van der Waals surface area contributed by atoms with Crippen LogP contribution in [0.15, 0.2) is 70.3 Å². The summed E-state index contributed by atoms with van der Waals surface area (Å²) in [5.41, 5.74) is 4.47. The van der Waals surface area contributed by atoms with Gasteiger partial charge in [0.2, 0.25) is 5.91 Å². The number of nitrogens with one attached hydrogen (secondary N) is 1. The maximum Gasteiger partial charge on any atom is 0.336 e. The van der Waals surface area contributed by atoms with Crippen LogP contribution in [0.2, 0.25) is 0 Å². The van der Waals surface area contributed by atoms with Crippen LogP contribution in [0.25, 0.3) is 27.6 Å². The van der Waals surface area contributed by atoms with Gasteiger partial charge < -0.3 is 14.6 Å². The first kappa shape index (κ1) is 24.1. The third kappa shape index (κ3) is 4.20. The van der Waals surface area contributed by atoms with Crippen molar-refractivity contribution in [2.24, 2.45) is 7.05 Å². The van der Waals surface area contributed by atoms with E-state index < -0.39 is 11.2 Å². The molecule has 0 unspecified atom stereocenters. The van der Waals surface area contributed by atoms with E-state index in [4.69, 9.17) is 4.74 Å². The molecule has 37 heavy (non-hydrogen) atoms. The summed E-state index contributed by atoms with van der Waals surface area (Å²) in [5.74, 6) is 0.212. The average molecular weight is 497 g/mol. The zero-order chi connectivity index (χ0) is 26.4. The Morgan fingerprint density at radius 2 is 1.62 bits per heavy atom. The Morgan fingerprint density at radius 3 is 2.30 bits per heavy atom. The normalized spacial score (nSPS) is 11.3. The molecule has 0 saturated heterocycles. The molecule has 0 saturated carbocycles. The van der Waals surface area contributed by atoms with Crippen molar-refractivity contribution in [3.63, 3.8) is 0 Å². The number of aromatic nitrogens is 3. The number of carbonyl (C=O) groups is 1. The molecule has 0 bridgehead atoms. The first-order valence-corrected chi connectivity index (χ1v) is 11.9. The van der Waals surface area contributed by atoms with Gasteiger partial charge in [-0.3, -0.25) is 14.2 Å². The number of rotatable bonds is 5. The topological polar surface area (TPSA) is 87.3 Å². The van der Waals surface area contributed by atoms with Gasteiger partial charge in [-0.1, -0.05) is 18.2 Å². The summed E-state index contributed by atoms with van der Waals surface area (Å²) in [5, 5.41) is 3.56. The van der Waals surface area contributed by atoms with Crippen molar-refractivity contribution in [3.05, 3.63) is 98.2 Å². The van der Waals surface area contributed by atoms with Gasteiger partial charge in [0.15, 0.2) is 0 Å².